The van der Waals surface area contributed by atoms with Crippen LogP contribution in [0.2, 0.25) is 0 Å². The van der Waals surface area contributed by atoms with Crippen LogP contribution in [0.5, 0.6) is 0 Å². The first-order valence-corrected chi connectivity index (χ1v) is 10.8. The van der Waals surface area contributed by atoms with Crippen LogP contribution in [0.15, 0.2) is 36.8 Å². The molecule has 1 aliphatic heterocycles. The molecule has 0 radical (unpaired) electrons. The summed E-state index contributed by atoms with van der Waals surface area (Å²) in [5, 5.41) is 1.95. The van der Waals surface area contributed by atoms with E-state index in [1.807, 2.05) is 30.6 Å². The maximum Gasteiger partial charge on any atom is 0.235 e. The minimum Gasteiger partial charge on any atom is -0.353 e. The number of piperidine rings is 1. The second-order valence-electron chi connectivity index (χ2n) is 8.54. The molecule has 7 nitrogen and oxygen atoms in total. The first kappa shape index (κ1) is 17.6. The number of carbonyl (C=O) groups excluding carboxylic acids is 1. The van der Waals surface area contributed by atoms with Gasteiger partial charge in [0.2, 0.25) is 5.91 Å². The van der Waals surface area contributed by atoms with E-state index in [9.17, 15) is 4.79 Å². The average Bonchev–Trinajstić information content (AvgIpc) is 3.35. The van der Waals surface area contributed by atoms with Crippen molar-refractivity contribution in [3.8, 4) is 11.4 Å². The Balaban J connectivity index is 1.60. The van der Waals surface area contributed by atoms with E-state index in [1.165, 1.54) is 6.42 Å². The fourth-order valence-corrected chi connectivity index (χ4v) is 4.61. The molecule has 4 aromatic heterocycles. The number of nitrogens with zero attached hydrogens (tertiary/aromatic N) is 5. The normalized spacial score (nSPS) is 19.6. The molecule has 0 amide bonds. The zero-order valence-electron chi connectivity index (χ0n) is 17.0. The Morgan fingerprint density at radius 2 is 2.00 bits per heavy atom. The van der Waals surface area contributed by atoms with Crippen molar-refractivity contribution in [2.45, 2.75) is 45.1 Å². The van der Waals surface area contributed by atoms with Crippen molar-refractivity contribution in [1.29, 1.82) is 0 Å². The lowest BCUT2D eigenvalue weighted by Gasteiger charge is -2.35. The summed E-state index contributed by atoms with van der Waals surface area (Å²) in [7, 11) is 0. The molecule has 0 spiro atoms. The van der Waals surface area contributed by atoms with E-state index in [0.717, 1.165) is 60.0 Å². The molecule has 1 saturated carbocycles. The Kier molecular flexibility index (Phi) is 3.91. The molecule has 0 bridgehead atoms. The lowest BCUT2D eigenvalue weighted by molar-refractivity contribution is 0.0891. The number of hydrogen-bond donors (Lipinski definition) is 1. The highest BCUT2D eigenvalue weighted by molar-refractivity contribution is 5.99. The van der Waals surface area contributed by atoms with E-state index >= 15 is 0 Å². The van der Waals surface area contributed by atoms with E-state index in [0.29, 0.717) is 17.5 Å². The van der Waals surface area contributed by atoms with Crippen LogP contribution in [0.4, 0.5) is 5.82 Å². The van der Waals surface area contributed by atoms with Gasteiger partial charge in [-0.1, -0.05) is 0 Å². The highest BCUT2D eigenvalue weighted by Crippen LogP contribution is 2.36. The van der Waals surface area contributed by atoms with Gasteiger partial charge < -0.3 is 9.88 Å². The second kappa shape index (κ2) is 6.65. The molecule has 152 valence electrons. The van der Waals surface area contributed by atoms with E-state index < -0.39 is 0 Å². The van der Waals surface area contributed by atoms with E-state index in [-0.39, 0.29) is 11.8 Å². The fraction of sp³-hybridized carbons (Fsp3) is 0.391. The standard InChI is InChI=1S/C23H24N6O/c1-14-4-2-3-12-28(14)21-18-9-13-29(23(30)15-5-6-15)22(18)27-20(26-21)17-8-11-25-19-16(17)7-10-24-19/h7-11,13-15H,2-6,12H2,1H3,(H,24,25)/t14-/m1/s1. The third-order valence-electron chi connectivity index (χ3n) is 6.46. The summed E-state index contributed by atoms with van der Waals surface area (Å²) in [6, 6.07) is 6.38. The molecular weight excluding hydrogens is 376 g/mol. The SMILES string of the molecule is C[C@@H]1CCCCN1c1nc(-c2ccnc3[nH]ccc23)nc2c1ccn2C(=O)C1CC1. The lowest BCUT2D eigenvalue weighted by Crippen LogP contribution is -2.38. The van der Waals surface area contributed by atoms with Crippen LogP contribution in [0.25, 0.3) is 33.5 Å². The zero-order chi connectivity index (χ0) is 20.2. The van der Waals surface area contributed by atoms with Crippen molar-refractivity contribution in [3.63, 3.8) is 0 Å². The number of rotatable bonds is 3. The summed E-state index contributed by atoms with van der Waals surface area (Å²) in [5.41, 5.74) is 2.46. The molecule has 0 unspecified atom stereocenters. The number of fused-ring (bicyclic) bond motifs is 2. The monoisotopic (exact) mass is 400 g/mol. The molecule has 0 aromatic carbocycles. The molecule has 30 heavy (non-hydrogen) atoms. The maximum absolute atomic E-state index is 12.9. The molecule has 7 heteroatoms. The zero-order valence-corrected chi connectivity index (χ0v) is 17.0. The summed E-state index contributed by atoms with van der Waals surface area (Å²) in [4.78, 5) is 32.8. The van der Waals surface area contributed by atoms with Crippen molar-refractivity contribution in [3.05, 3.63) is 36.8 Å². The van der Waals surface area contributed by atoms with E-state index in [4.69, 9.17) is 9.97 Å². The smallest absolute Gasteiger partial charge is 0.235 e. The predicted molar refractivity (Wildman–Crippen MR) is 117 cm³/mol. The minimum atomic E-state index is 0.133. The van der Waals surface area contributed by atoms with Crippen molar-refractivity contribution in [2.75, 3.05) is 11.4 Å². The number of pyridine rings is 1. The largest absolute Gasteiger partial charge is 0.353 e. The van der Waals surface area contributed by atoms with Gasteiger partial charge in [-0.25, -0.2) is 15.0 Å². The van der Waals surface area contributed by atoms with E-state index in [1.54, 1.807) is 10.8 Å². The predicted octanol–water partition coefficient (Wildman–Crippen LogP) is 4.40. The van der Waals surface area contributed by atoms with Gasteiger partial charge in [-0.15, -0.1) is 0 Å². The number of nitrogens with one attached hydrogen (secondary N) is 1. The number of hydrogen-bond acceptors (Lipinski definition) is 5. The number of H-pyrrole nitrogens is 1. The molecule has 1 N–H and O–H groups in total. The van der Waals surface area contributed by atoms with Crippen LogP contribution in [0.3, 0.4) is 0 Å². The Bertz CT molecular complexity index is 1270. The fourth-order valence-electron chi connectivity index (χ4n) is 4.61. The van der Waals surface area contributed by atoms with Crippen LogP contribution in [-0.2, 0) is 0 Å². The van der Waals surface area contributed by atoms with Gasteiger partial charge in [0, 0.05) is 48.0 Å². The van der Waals surface area contributed by atoms with Crippen molar-refractivity contribution in [2.24, 2.45) is 5.92 Å². The van der Waals surface area contributed by atoms with Crippen LogP contribution in [0.1, 0.15) is 43.8 Å². The van der Waals surface area contributed by atoms with E-state index in [2.05, 4.69) is 21.8 Å². The molecule has 4 aromatic rings. The molecule has 6 rings (SSSR count). The van der Waals surface area contributed by atoms with Gasteiger partial charge in [-0.05, 0) is 57.2 Å². The van der Waals surface area contributed by atoms with Gasteiger partial charge in [0.15, 0.2) is 11.5 Å². The summed E-state index contributed by atoms with van der Waals surface area (Å²) >= 11 is 0. The van der Waals surface area contributed by atoms with Crippen molar-refractivity contribution < 1.29 is 4.79 Å². The third kappa shape index (κ3) is 2.72. The molecule has 2 aliphatic rings. The average molecular weight is 400 g/mol. The first-order valence-electron chi connectivity index (χ1n) is 10.8. The highest BCUT2D eigenvalue weighted by atomic mass is 16.2. The summed E-state index contributed by atoms with van der Waals surface area (Å²) < 4.78 is 1.74. The number of carbonyl (C=O) groups is 1. The highest BCUT2D eigenvalue weighted by Gasteiger charge is 2.33. The molecule has 1 aliphatic carbocycles. The molecular formula is C23H24N6O. The van der Waals surface area contributed by atoms with Crippen LogP contribution in [0, 0.1) is 5.92 Å². The Hall–Kier alpha value is -3.22. The van der Waals surface area contributed by atoms with Crippen LogP contribution in [-0.4, -0.2) is 43.0 Å². The topological polar surface area (TPSA) is 79.7 Å². The van der Waals surface area contributed by atoms with Crippen LogP contribution < -0.4 is 4.90 Å². The number of aromatic amines is 1. The van der Waals surface area contributed by atoms with Gasteiger partial charge in [0.05, 0.1) is 5.39 Å². The lowest BCUT2D eigenvalue weighted by atomic mass is 10.0. The molecule has 1 atom stereocenters. The number of anilines is 1. The Morgan fingerprint density at radius 1 is 1.10 bits per heavy atom. The van der Waals surface area contributed by atoms with Gasteiger partial charge in [0.25, 0.3) is 0 Å². The van der Waals surface area contributed by atoms with Gasteiger partial charge >= 0.3 is 0 Å². The van der Waals surface area contributed by atoms with Crippen LogP contribution >= 0.6 is 0 Å². The summed E-state index contributed by atoms with van der Waals surface area (Å²) in [6.07, 6.45) is 11.0. The third-order valence-corrected chi connectivity index (χ3v) is 6.46. The van der Waals surface area contributed by atoms with Gasteiger partial charge in [-0.3, -0.25) is 9.36 Å². The Labute approximate surface area is 174 Å². The molecule has 1 saturated heterocycles. The second-order valence-corrected chi connectivity index (χ2v) is 8.54. The molecule has 2 fully saturated rings. The summed E-state index contributed by atoms with van der Waals surface area (Å²) in [5.74, 6) is 1.86. The van der Waals surface area contributed by atoms with Gasteiger partial charge in [-0.2, -0.15) is 0 Å². The minimum absolute atomic E-state index is 0.133. The molecule has 5 heterocycles. The Morgan fingerprint density at radius 3 is 2.83 bits per heavy atom. The van der Waals surface area contributed by atoms with Crippen molar-refractivity contribution >= 4 is 33.8 Å². The van der Waals surface area contributed by atoms with Gasteiger partial charge in [0.1, 0.15) is 11.5 Å². The number of aromatic nitrogens is 5. The quantitative estimate of drug-likeness (QED) is 0.551. The first-order chi connectivity index (χ1) is 14.7. The van der Waals surface area contributed by atoms with Crippen molar-refractivity contribution in [1.82, 2.24) is 24.5 Å². The summed E-state index contributed by atoms with van der Waals surface area (Å²) in [6.45, 7) is 3.24. The maximum atomic E-state index is 12.9.